The standard InChI is InChI=1S/C14H22N6O4/c1-9-7-19(8-10(2)24-9)14-16-12(15)11(20(21)22)13(17-14)18-3-5-23-6-4-18/h9-10H,3-8H2,1-2H3,(H2,15,16,17). The van der Waals surface area contributed by atoms with Crippen molar-refractivity contribution in [3.8, 4) is 0 Å². The van der Waals surface area contributed by atoms with Crippen molar-refractivity contribution in [2.24, 2.45) is 0 Å². The van der Waals surface area contributed by atoms with Crippen molar-refractivity contribution in [2.75, 3.05) is 54.9 Å². The third-order valence-corrected chi connectivity index (χ3v) is 4.08. The Kier molecular flexibility index (Phi) is 4.67. The molecule has 10 nitrogen and oxygen atoms in total. The highest BCUT2D eigenvalue weighted by Gasteiger charge is 2.31. The first-order valence-corrected chi connectivity index (χ1v) is 8.00. The average molecular weight is 338 g/mol. The first kappa shape index (κ1) is 16.7. The van der Waals surface area contributed by atoms with Gasteiger partial charge in [0.25, 0.3) is 0 Å². The van der Waals surface area contributed by atoms with E-state index >= 15 is 0 Å². The summed E-state index contributed by atoms with van der Waals surface area (Å²) in [5, 5.41) is 11.4. The average Bonchev–Trinajstić information content (AvgIpc) is 2.53. The summed E-state index contributed by atoms with van der Waals surface area (Å²) >= 11 is 0. The number of hydrogen-bond donors (Lipinski definition) is 1. The Bertz CT molecular complexity index is 612. The fourth-order valence-corrected chi connectivity index (χ4v) is 3.10. The van der Waals surface area contributed by atoms with E-state index in [2.05, 4.69) is 9.97 Å². The van der Waals surface area contributed by atoms with Crippen LogP contribution in [0.3, 0.4) is 0 Å². The smallest absolute Gasteiger partial charge is 0.353 e. The highest BCUT2D eigenvalue weighted by molar-refractivity contribution is 5.71. The van der Waals surface area contributed by atoms with Crippen molar-refractivity contribution >= 4 is 23.3 Å². The van der Waals surface area contributed by atoms with Gasteiger partial charge in [-0.25, -0.2) is 0 Å². The van der Waals surface area contributed by atoms with Gasteiger partial charge in [0.2, 0.25) is 17.6 Å². The zero-order valence-corrected chi connectivity index (χ0v) is 13.8. The molecule has 3 heterocycles. The van der Waals surface area contributed by atoms with Gasteiger partial charge in [-0.15, -0.1) is 0 Å². The number of anilines is 3. The van der Waals surface area contributed by atoms with Crippen LogP contribution in [0.5, 0.6) is 0 Å². The predicted molar refractivity (Wildman–Crippen MR) is 88.4 cm³/mol. The fraction of sp³-hybridized carbons (Fsp3) is 0.714. The molecule has 2 aliphatic rings. The number of nitrogens with zero attached hydrogens (tertiary/aromatic N) is 5. The second-order valence-electron chi connectivity index (χ2n) is 6.10. The van der Waals surface area contributed by atoms with Crippen LogP contribution in [0, 0.1) is 10.1 Å². The molecule has 3 rings (SSSR count). The van der Waals surface area contributed by atoms with Gasteiger partial charge in [-0.1, -0.05) is 0 Å². The van der Waals surface area contributed by atoms with E-state index in [0.717, 1.165) is 0 Å². The van der Waals surface area contributed by atoms with E-state index in [0.29, 0.717) is 45.3 Å². The molecule has 0 saturated carbocycles. The lowest BCUT2D eigenvalue weighted by atomic mass is 10.2. The first-order valence-electron chi connectivity index (χ1n) is 8.00. The van der Waals surface area contributed by atoms with E-state index in [1.165, 1.54) is 0 Å². The van der Waals surface area contributed by atoms with Crippen LogP contribution in [0.25, 0.3) is 0 Å². The van der Waals surface area contributed by atoms with Gasteiger partial charge in [-0.05, 0) is 13.8 Å². The van der Waals surface area contributed by atoms with E-state index in [9.17, 15) is 10.1 Å². The molecule has 1 aromatic rings. The molecule has 0 spiro atoms. The number of aromatic nitrogens is 2. The summed E-state index contributed by atoms with van der Waals surface area (Å²) in [6.45, 7) is 7.25. The molecule has 132 valence electrons. The van der Waals surface area contributed by atoms with Crippen LogP contribution in [0.2, 0.25) is 0 Å². The van der Waals surface area contributed by atoms with Gasteiger partial charge < -0.3 is 25.0 Å². The quantitative estimate of drug-likeness (QED) is 0.617. The lowest BCUT2D eigenvalue weighted by molar-refractivity contribution is -0.383. The van der Waals surface area contributed by atoms with Crippen LogP contribution < -0.4 is 15.5 Å². The molecule has 0 radical (unpaired) electrons. The second-order valence-corrected chi connectivity index (χ2v) is 6.10. The molecule has 24 heavy (non-hydrogen) atoms. The highest BCUT2D eigenvalue weighted by Crippen LogP contribution is 2.33. The maximum Gasteiger partial charge on any atom is 0.353 e. The largest absolute Gasteiger partial charge is 0.378 e. The molecule has 1 aromatic heterocycles. The molecule has 2 fully saturated rings. The maximum atomic E-state index is 11.4. The van der Waals surface area contributed by atoms with E-state index in [-0.39, 0.29) is 29.5 Å². The molecule has 2 aliphatic heterocycles. The van der Waals surface area contributed by atoms with E-state index < -0.39 is 4.92 Å². The van der Waals surface area contributed by atoms with Gasteiger partial charge in [-0.3, -0.25) is 10.1 Å². The number of ether oxygens (including phenoxy) is 2. The van der Waals surface area contributed by atoms with E-state index in [1.54, 1.807) is 0 Å². The molecular weight excluding hydrogens is 316 g/mol. The number of nitrogen functional groups attached to an aromatic ring is 1. The summed E-state index contributed by atoms with van der Waals surface area (Å²) in [5.41, 5.74) is 5.66. The lowest BCUT2D eigenvalue weighted by Gasteiger charge is -2.36. The number of hydrogen-bond acceptors (Lipinski definition) is 9. The van der Waals surface area contributed by atoms with Gasteiger partial charge in [0, 0.05) is 26.2 Å². The van der Waals surface area contributed by atoms with Crippen LogP contribution in [-0.2, 0) is 9.47 Å². The third-order valence-electron chi connectivity index (χ3n) is 4.08. The number of rotatable bonds is 3. The summed E-state index contributed by atoms with van der Waals surface area (Å²) in [6, 6.07) is 0. The fourth-order valence-electron chi connectivity index (χ4n) is 3.10. The molecular formula is C14H22N6O4. The van der Waals surface area contributed by atoms with Crippen molar-refractivity contribution in [1.82, 2.24) is 9.97 Å². The van der Waals surface area contributed by atoms with Gasteiger partial charge >= 0.3 is 5.69 Å². The Labute approximate surface area is 139 Å². The number of nitrogens with two attached hydrogens (primary N) is 1. The minimum absolute atomic E-state index is 0.0283. The molecule has 0 aliphatic carbocycles. The number of nitro groups is 1. The molecule has 2 unspecified atom stereocenters. The molecule has 10 heteroatoms. The van der Waals surface area contributed by atoms with Crippen molar-refractivity contribution in [3.63, 3.8) is 0 Å². The van der Waals surface area contributed by atoms with E-state index in [4.69, 9.17) is 15.2 Å². The molecule has 0 aromatic carbocycles. The van der Waals surface area contributed by atoms with Crippen LogP contribution in [-0.4, -0.2) is 66.5 Å². The van der Waals surface area contributed by atoms with Crippen LogP contribution in [0.4, 0.5) is 23.3 Å². The minimum atomic E-state index is -0.519. The Balaban J connectivity index is 1.99. The van der Waals surface area contributed by atoms with Crippen LogP contribution in [0.1, 0.15) is 13.8 Å². The molecule has 2 saturated heterocycles. The molecule has 2 atom stereocenters. The summed E-state index contributed by atoms with van der Waals surface area (Å²) < 4.78 is 11.0. The number of morpholine rings is 2. The Morgan fingerprint density at radius 3 is 2.38 bits per heavy atom. The highest BCUT2D eigenvalue weighted by atomic mass is 16.6. The maximum absolute atomic E-state index is 11.4. The second kappa shape index (κ2) is 6.73. The summed E-state index contributed by atoms with van der Waals surface area (Å²) in [4.78, 5) is 23.4. The summed E-state index contributed by atoms with van der Waals surface area (Å²) in [6.07, 6.45) is 0.0567. The molecule has 0 amide bonds. The van der Waals surface area contributed by atoms with Gasteiger partial charge in [0.05, 0.1) is 30.3 Å². The minimum Gasteiger partial charge on any atom is -0.378 e. The zero-order valence-electron chi connectivity index (χ0n) is 13.8. The Hall–Kier alpha value is -2.20. The first-order chi connectivity index (χ1) is 11.5. The lowest BCUT2D eigenvalue weighted by Crippen LogP contribution is -2.46. The van der Waals surface area contributed by atoms with Gasteiger partial charge in [0.1, 0.15) is 0 Å². The van der Waals surface area contributed by atoms with Crippen molar-refractivity contribution in [2.45, 2.75) is 26.1 Å². The Morgan fingerprint density at radius 1 is 1.17 bits per heavy atom. The SMILES string of the molecule is CC1CN(c2nc(N)c([N+](=O)[O-])c(N3CCOCC3)n2)CC(C)O1. The van der Waals surface area contributed by atoms with Crippen molar-refractivity contribution in [3.05, 3.63) is 10.1 Å². The van der Waals surface area contributed by atoms with Crippen LogP contribution in [0.15, 0.2) is 0 Å². The van der Waals surface area contributed by atoms with Gasteiger partial charge in [0.15, 0.2) is 0 Å². The molecule has 0 bridgehead atoms. The summed E-state index contributed by atoms with van der Waals surface area (Å²) in [5.74, 6) is 0.553. The normalized spacial score (nSPS) is 24.9. The van der Waals surface area contributed by atoms with E-state index in [1.807, 2.05) is 23.6 Å². The zero-order chi connectivity index (χ0) is 17.3. The van der Waals surface area contributed by atoms with Crippen molar-refractivity contribution in [1.29, 1.82) is 0 Å². The summed E-state index contributed by atoms with van der Waals surface area (Å²) in [7, 11) is 0. The molecule has 2 N–H and O–H groups in total. The Morgan fingerprint density at radius 2 is 1.79 bits per heavy atom. The third kappa shape index (κ3) is 3.34. The topological polar surface area (TPSA) is 120 Å². The van der Waals surface area contributed by atoms with Crippen LogP contribution >= 0.6 is 0 Å². The van der Waals surface area contributed by atoms with Crippen molar-refractivity contribution < 1.29 is 14.4 Å². The predicted octanol–water partition coefficient (Wildman–Crippen LogP) is 0.417. The van der Waals surface area contributed by atoms with Gasteiger partial charge in [-0.2, -0.15) is 9.97 Å². The monoisotopic (exact) mass is 338 g/mol.